The van der Waals surface area contributed by atoms with Crippen LogP contribution in [0.2, 0.25) is 0 Å². The smallest absolute Gasteiger partial charge is 0.0834 e. The van der Waals surface area contributed by atoms with Crippen molar-refractivity contribution in [2.45, 2.75) is 20.3 Å². The molecular formula is C8H15O2. The molecule has 0 unspecified atom stereocenters. The van der Waals surface area contributed by atoms with Crippen LogP contribution in [0.3, 0.4) is 0 Å². The summed E-state index contributed by atoms with van der Waals surface area (Å²) in [5, 5.41) is 0. The first-order valence-electron chi connectivity index (χ1n) is 3.78. The van der Waals surface area contributed by atoms with Crippen molar-refractivity contribution in [2.75, 3.05) is 19.8 Å². The van der Waals surface area contributed by atoms with E-state index in [1.807, 2.05) is 6.61 Å². The van der Waals surface area contributed by atoms with Gasteiger partial charge in [0.1, 0.15) is 0 Å². The van der Waals surface area contributed by atoms with Gasteiger partial charge in [0.25, 0.3) is 0 Å². The van der Waals surface area contributed by atoms with E-state index in [-0.39, 0.29) is 0 Å². The van der Waals surface area contributed by atoms with Crippen molar-refractivity contribution in [3.8, 4) is 0 Å². The van der Waals surface area contributed by atoms with Crippen LogP contribution in [0.1, 0.15) is 20.3 Å². The first-order chi connectivity index (χ1) is 4.77. The molecule has 10 heavy (non-hydrogen) atoms. The second kappa shape index (κ2) is 3.35. The Labute approximate surface area is 62.5 Å². The van der Waals surface area contributed by atoms with Crippen molar-refractivity contribution in [1.29, 1.82) is 0 Å². The molecule has 59 valence electrons. The quantitative estimate of drug-likeness (QED) is 0.557. The lowest BCUT2D eigenvalue weighted by Gasteiger charge is -2.37. The highest BCUT2D eigenvalue weighted by Gasteiger charge is 2.33. The molecule has 0 N–H and O–H groups in total. The summed E-state index contributed by atoms with van der Waals surface area (Å²) < 4.78 is 10.4. The summed E-state index contributed by atoms with van der Waals surface area (Å²) in [5.74, 6) is 0. The van der Waals surface area contributed by atoms with Gasteiger partial charge in [0.05, 0.1) is 26.4 Å². The van der Waals surface area contributed by atoms with Gasteiger partial charge in [-0.25, -0.2) is 0 Å². The first-order valence-corrected chi connectivity index (χ1v) is 3.78. The summed E-state index contributed by atoms with van der Waals surface area (Å²) in [6.07, 6.45) is 0.983. The topological polar surface area (TPSA) is 18.5 Å². The van der Waals surface area contributed by atoms with E-state index < -0.39 is 0 Å². The molecule has 2 nitrogen and oxygen atoms in total. The lowest BCUT2D eigenvalue weighted by molar-refractivity contribution is -0.131. The summed E-state index contributed by atoms with van der Waals surface area (Å²) in [6.45, 7) is 8.61. The van der Waals surface area contributed by atoms with E-state index in [4.69, 9.17) is 9.47 Å². The molecular weight excluding hydrogens is 128 g/mol. The Morgan fingerprint density at radius 1 is 1.60 bits per heavy atom. The van der Waals surface area contributed by atoms with Crippen molar-refractivity contribution in [2.24, 2.45) is 5.41 Å². The molecule has 0 saturated carbocycles. The molecule has 1 fully saturated rings. The van der Waals surface area contributed by atoms with Crippen LogP contribution in [0.5, 0.6) is 0 Å². The van der Waals surface area contributed by atoms with Crippen LogP contribution in [-0.4, -0.2) is 19.8 Å². The Morgan fingerprint density at radius 2 is 2.30 bits per heavy atom. The monoisotopic (exact) mass is 143 g/mol. The summed E-state index contributed by atoms with van der Waals surface area (Å²) >= 11 is 0. The van der Waals surface area contributed by atoms with Gasteiger partial charge in [0.2, 0.25) is 0 Å². The van der Waals surface area contributed by atoms with E-state index in [0.29, 0.717) is 5.41 Å². The van der Waals surface area contributed by atoms with Gasteiger partial charge in [-0.3, -0.25) is 0 Å². The maximum absolute atomic E-state index is 5.28. The molecule has 0 amide bonds. The molecule has 0 aromatic heterocycles. The predicted molar refractivity (Wildman–Crippen MR) is 39.5 cm³/mol. The SMILES string of the molecule is CC[CH]OCC1(C)COC1. The third-order valence-electron chi connectivity index (χ3n) is 1.62. The minimum atomic E-state index is 0.297. The minimum Gasteiger partial charge on any atom is -0.380 e. The lowest BCUT2D eigenvalue weighted by Crippen LogP contribution is -2.43. The molecule has 1 radical (unpaired) electrons. The Kier molecular flexibility index (Phi) is 2.69. The van der Waals surface area contributed by atoms with E-state index in [1.165, 1.54) is 0 Å². The van der Waals surface area contributed by atoms with Gasteiger partial charge in [-0.05, 0) is 6.42 Å². The zero-order valence-corrected chi connectivity index (χ0v) is 6.72. The van der Waals surface area contributed by atoms with Gasteiger partial charge in [-0.1, -0.05) is 13.8 Å². The van der Waals surface area contributed by atoms with E-state index >= 15 is 0 Å². The Morgan fingerprint density at radius 3 is 2.70 bits per heavy atom. The van der Waals surface area contributed by atoms with Gasteiger partial charge in [-0.2, -0.15) is 0 Å². The zero-order chi connectivity index (χ0) is 7.45. The van der Waals surface area contributed by atoms with E-state index in [0.717, 1.165) is 26.2 Å². The first kappa shape index (κ1) is 8.02. The predicted octanol–water partition coefficient (Wildman–Crippen LogP) is 1.61. The van der Waals surface area contributed by atoms with Crippen LogP contribution in [0.25, 0.3) is 0 Å². The van der Waals surface area contributed by atoms with Crippen molar-refractivity contribution in [3.05, 3.63) is 6.61 Å². The van der Waals surface area contributed by atoms with Gasteiger partial charge < -0.3 is 9.47 Å². The highest BCUT2D eigenvalue weighted by molar-refractivity contribution is 4.80. The molecule has 1 saturated heterocycles. The molecule has 1 heterocycles. The van der Waals surface area contributed by atoms with Crippen LogP contribution in [0.4, 0.5) is 0 Å². The Balaban J connectivity index is 2.01. The molecule has 1 aliphatic heterocycles. The van der Waals surface area contributed by atoms with Crippen LogP contribution >= 0.6 is 0 Å². The van der Waals surface area contributed by atoms with Gasteiger partial charge in [0, 0.05) is 5.41 Å². The third-order valence-corrected chi connectivity index (χ3v) is 1.62. The third kappa shape index (κ3) is 1.96. The highest BCUT2D eigenvalue weighted by Crippen LogP contribution is 2.26. The fraction of sp³-hybridized carbons (Fsp3) is 0.875. The van der Waals surface area contributed by atoms with Crippen LogP contribution in [0.15, 0.2) is 0 Å². The number of hydrogen-bond donors (Lipinski definition) is 0. The number of rotatable bonds is 4. The van der Waals surface area contributed by atoms with E-state index in [9.17, 15) is 0 Å². The summed E-state index contributed by atoms with van der Waals surface area (Å²) in [4.78, 5) is 0. The van der Waals surface area contributed by atoms with Gasteiger partial charge in [0.15, 0.2) is 0 Å². The normalized spacial score (nSPS) is 22.2. The zero-order valence-electron chi connectivity index (χ0n) is 6.72. The second-order valence-electron chi connectivity index (χ2n) is 3.19. The second-order valence-corrected chi connectivity index (χ2v) is 3.19. The van der Waals surface area contributed by atoms with Crippen LogP contribution in [0, 0.1) is 12.0 Å². The van der Waals surface area contributed by atoms with Crippen molar-refractivity contribution >= 4 is 0 Å². The molecule has 0 aliphatic carbocycles. The average molecular weight is 143 g/mol. The maximum atomic E-state index is 5.28. The summed E-state index contributed by atoms with van der Waals surface area (Å²) in [7, 11) is 0. The van der Waals surface area contributed by atoms with E-state index in [1.54, 1.807) is 0 Å². The average Bonchev–Trinajstić information content (AvgIpc) is 1.85. The van der Waals surface area contributed by atoms with E-state index in [2.05, 4.69) is 13.8 Å². The Bertz CT molecular complexity index is 97.4. The lowest BCUT2D eigenvalue weighted by atomic mass is 9.90. The number of ether oxygens (including phenoxy) is 2. The molecule has 1 aliphatic rings. The Hall–Kier alpha value is -0.0800. The minimum absolute atomic E-state index is 0.297. The summed E-state index contributed by atoms with van der Waals surface area (Å²) in [6, 6.07) is 0. The molecule has 0 aromatic carbocycles. The molecule has 1 rings (SSSR count). The van der Waals surface area contributed by atoms with Gasteiger partial charge in [-0.15, -0.1) is 0 Å². The van der Waals surface area contributed by atoms with Crippen LogP contribution in [-0.2, 0) is 9.47 Å². The fourth-order valence-electron chi connectivity index (χ4n) is 0.912. The molecule has 0 bridgehead atoms. The van der Waals surface area contributed by atoms with Crippen LogP contribution < -0.4 is 0 Å². The maximum Gasteiger partial charge on any atom is 0.0834 e. The van der Waals surface area contributed by atoms with Crippen molar-refractivity contribution in [3.63, 3.8) is 0 Å². The fourth-order valence-corrected chi connectivity index (χ4v) is 0.912. The molecule has 2 heteroatoms. The number of hydrogen-bond acceptors (Lipinski definition) is 2. The molecule has 0 aromatic rings. The summed E-state index contributed by atoms with van der Waals surface area (Å²) in [5.41, 5.74) is 0.297. The largest absolute Gasteiger partial charge is 0.380 e. The highest BCUT2D eigenvalue weighted by atomic mass is 16.5. The molecule has 0 spiro atoms. The van der Waals surface area contributed by atoms with Crippen molar-refractivity contribution in [1.82, 2.24) is 0 Å². The standard InChI is InChI=1S/C8H15O2/c1-3-4-9-5-8(2)6-10-7-8/h4H,3,5-7H2,1-2H3. The van der Waals surface area contributed by atoms with Crippen molar-refractivity contribution < 1.29 is 9.47 Å². The molecule has 0 atom stereocenters. The van der Waals surface area contributed by atoms with Gasteiger partial charge >= 0.3 is 0 Å².